The largest absolute Gasteiger partial charge is 0.497 e. The zero-order valence-electron chi connectivity index (χ0n) is 19.9. The van der Waals surface area contributed by atoms with E-state index in [4.69, 9.17) is 4.74 Å². The Morgan fingerprint density at radius 2 is 1.56 bits per heavy atom. The number of anilines is 1. The fourth-order valence-corrected chi connectivity index (χ4v) is 4.42. The first-order valence-corrected chi connectivity index (χ1v) is 11.5. The minimum absolute atomic E-state index is 0.383. The van der Waals surface area contributed by atoms with Crippen molar-refractivity contribution in [2.45, 2.75) is 12.5 Å². The van der Waals surface area contributed by atoms with Gasteiger partial charge < -0.3 is 15.4 Å². The van der Waals surface area contributed by atoms with Crippen LogP contribution in [-0.4, -0.2) is 36.4 Å². The van der Waals surface area contributed by atoms with E-state index in [1.807, 2.05) is 72.8 Å². The molecule has 0 radical (unpaired) electrons. The molecule has 0 aliphatic carbocycles. The van der Waals surface area contributed by atoms with Crippen LogP contribution in [-0.2, 0) is 15.1 Å². The maximum atomic E-state index is 13.3. The number of rotatable bonds is 6. The molecule has 180 valence electrons. The van der Waals surface area contributed by atoms with Crippen LogP contribution < -0.4 is 15.4 Å². The molecule has 7 heteroatoms. The van der Waals surface area contributed by atoms with E-state index in [9.17, 15) is 14.4 Å². The average molecular weight is 480 g/mol. The number of hydrogen-bond donors (Lipinski definition) is 2. The monoisotopic (exact) mass is 479 g/mol. The number of fused-ring (bicyclic) bond motifs is 1. The number of nitrogens with zero attached hydrogens (tertiary/aromatic N) is 1. The average Bonchev–Trinajstić information content (AvgIpc) is 3.12. The zero-order chi connectivity index (χ0) is 25.3. The third-order valence-corrected chi connectivity index (χ3v) is 6.48. The van der Waals surface area contributed by atoms with Crippen LogP contribution in [0, 0.1) is 0 Å². The lowest BCUT2D eigenvalue weighted by Crippen LogP contribution is -2.42. The topological polar surface area (TPSA) is 87.7 Å². The van der Waals surface area contributed by atoms with Crippen molar-refractivity contribution in [2.75, 3.05) is 19.0 Å². The number of imide groups is 1. The second kappa shape index (κ2) is 9.19. The highest BCUT2D eigenvalue weighted by Gasteiger charge is 2.49. The second-order valence-electron chi connectivity index (χ2n) is 8.87. The van der Waals surface area contributed by atoms with Crippen molar-refractivity contribution in [2.24, 2.45) is 0 Å². The highest BCUT2D eigenvalue weighted by Crippen LogP contribution is 2.32. The number of nitrogens with one attached hydrogen (secondary N) is 2. The molecular weight excluding hydrogens is 454 g/mol. The minimum atomic E-state index is -1.27. The standard InChI is InChI=1S/C29H25N3O4/c1-29(23-12-8-22-17-25(36-2)15-11-21(22)16-23)27(34)32(28(35)31-29)18-26(33)30-24-13-9-20(10-14-24)19-6-4-3-5-7-19/h3-17H,18H2,1-2H3,(H,30,33)(H,31,35). The van der Waals surface area contributed by atoms with Crippen LogP contribution in [0.25, 0.3) is 21.9 Å². The zero-order valence-corrected chi connectivity index (χ0v) is 19.9. The van der Waals surface area contributed by atoms with E-state index in [1.165, 1.54) is 0 Å². The van der Waals surface area contributed by atoms with Crippen molar-refractivity contribution in [1.29, 1.82) is 0 Å². The lowest BCUT2D eigenvalue weighted by atomic mass is 9.90. The molecule has 5 rings (SSSR count). The van der Waals surface area contributed by atoms with E-state index in [1.54, 1.807) is 32.2 Å². The number of ether oxygens (including phenoxy) is 1. The summed E-state index contributed by atoms with van der Waals surface area (Å²) in [6.07, 6.45) is 0. The summed E-state index contributed by atoms with van der Waals surface area (Å²) in [7, 11) is 1.60. The number of urea groups is 1. The molecule has 36 heavy (non-hydrogen) atoms. The minimum Gasteiger partial charge on any atom is -0.497 e. The Kier molecular flexibility index (Phi) is 5.90. The van der Waals surface area contributed by atoms with E-state index in [0.717, 1.165) is 32.5 Å². The van der Waals surface area contributed by atoms with Gasteiger partial charge >= 0.3 is 6.03 Å². The third-order valence-electron chi connectivity index (χ3n) is 6.48. The van der Waals surface area contributed by atoms with E-state index >= 15 is 0 Å². The predicted octanol–water partition coefficient (Wildman–Crippen LogP) is 4.92. The molecule has 4 amide bonds. The highest BCUT2D eigenvalue weighted by atomic mass is 16.5. The number of carbonyl (C=O) groups is 3. The fourth-order valence-electron chi connectivity index (χ4n) is 4.42. The van der Waals surface area contributed by atoms with Crippen LogP contribution in [0.5, 0.6) is 5.75 Å². The Morgan fingerprint density at radius 3 is 2.28 bits per heavy atom. The molecule has 7 nitrogen and oxygen atoms in total. The fraction of sp³-hybridized carbons (Fsp3) is 0.138. The lowest BCUT2D eigenvalue weighted by Gasteiger charge is -2.22. The quantitative estimate of drug-likeness (QED) is 0.384. The molecule has 1 fully saturated rings. The van der Waals surface area contributed by atoms with Gasteiger partial charge in [-0.05, 0) is 64.7 Å². The smallest absolute Gasteiger partial charge is 0.325 e. The second-order valence-corrected chi connectivity index (χ2v) is 8.87. The highest BCUT2D eigenvalue weighted by molar-refractivity contribution is 6.10. The van der Waals surface area contributed by atoms with Gasteiger partial charge in [0.05, 0.1) is 7.11 Å². The van der Waals surface area contributed by atoms with Gasteiger partial charge in [-0.15, -0.1) is 0 Å². The van der Waals surface area contributed by atoms with Gasteiger partial charge in [0.15, 0.2) is 0 Å². The number of benzene rings is 4. The van der Waals surface area contributed by atoms with Crippen LogP contribution in [0.1, 0.15) is 12.5 Å². The van der Waals surface area contributed by atoms with Crippen LogP contribution in [0.15, 0.2) is 91.0 Å². The van der Waals surface area contributed by atoms with Crippen molar-refractivity contribution in [1.82, 2.24) is 10.2 Å². The molecule has 0 bridgehead atoms. The Balaban J connectivity index is 1.29. The Bertz CT molecular complexity index is 1470. The molecule has 1 unspecified atom stereocenters. The molecule has 4 aromatic rings. The maximum absolute atomic E-state index is 13.3. The van der Waals surface area contributed by atoms with Crippen molar-refractivity contribution in [3.63, 3.8) is 0 Å². The number of amides is 4. The normalized spacial score (nSPS) is 17.2. The number of carbonyl (C=O) groups excluding carboxylic acids is 3. The van der Waals surface area contributed by atoms with E-state index in [2.05, 4.69) is 10.6 Å². The van der Waals surface area contributed by atoms with Crippen LogP contribution in [0.4, 0.5) is 10.5 Å². The molecule has 1 atom stereocenters. The van der Waals surface area contributed by atoms with E-state index < -0.39 is 23.4 Å². The summed E-state index contributed by atoms with van der Waals surface area (Å²) in [5, 5.41) is 7.39. The number of methoxy groups -OCH3 is 1. The van der Waals surface area contributed by atoms with E-state index in [0.29, 0.717) is 11.3 Å². The summed E-state index contributed by atoms with van der Waals surface area (Å²) in [5.74, 6) is -0.200. The molecular formula is C29H25N3O4. The van der Waals surface area contributed by atoms with Crippen molar-refractivity contribution < 1.29 is 19.1 Å². The van der Waals surface area contributed by atoms with Crippen LogP contribution in [0.2, 0.25) is 0 Å². The van der Waals surface area contributed by atoms with Gasteiger partial charge in [0.25, 0.3) is 5.91 Å². The van der Waals surface area contributed by atoms with Crippen molar-refractivity contribution >= 4 is 34.3 Å². The molecule has 4 aromatic carbocycles. The first-order valence-electron chi connectivity index (χ1n) is 11.5. The van der Waals surface area contributed by atoms with E-state index in [-0.39, 0.29) is 6.54 Å². The Hall–Kier alpha value is -4.65. The van der Waals surface area contributed by atoms with Crippen molar-refractivity contribution in [3.8, 4) is 16.9 Å². The summed E-state index contributed by atoms with van der Waals surface area (Å²) >= 11 is 0. The molecule has 2 N–H and O–H groups in total. The molecule has 1 heterocycles. The van der Waals surface area contributed by atoms with Gasteiger partial charge in [-0.2, -0.15) is 0 Å². The van der Waals surface area contributed by atoms with Gasteiger partial charge in [-0.3, -0.25) is 14.5 Å². The van der Waals surface area contributed by atoms with Gasteiger partial charge in [-0.25, -0.2) is 4.79 Å². The molecule has 1 saturated heterocycles. The van der Waals surface area contributed by atoms with Gasteiger partial charge in [0, 0.05) is 5.69 Å². The Morgan fingerprint density at radius 1 is 0.889 bits per heavy atom. The summed E-state index contributed by atoms with van der Waals surface area (Å²) < 4.78 is 5.27. The summed E-state index contributed by atoms with van der Waals surface area (Å²) in [6.45, 7) is 1.27. The maximum Gasteiger partial charge on any atom is 0.325 e. The third kappa shape index (κ3) is 4.27. The first kappa shape index (κ1) is 23.1. The van der Waals surface area contributed by atoms with Crippen LogP contribution in [0.3, 0.4) is 0 Å². The van der Waals surface area contributed by atoms with Gasteiger partial charge in [0.1, 0.15) is 17.8 Å². The SMILES string of the molecule is COc1ccc2cc(C3(C)NC(=O)N(CC(=O)Nc4ccc(-c5ccccc5)cc4)C3=O)ccc2c1. The summed E-state index contributed by atoms with van der Waals surface area (Å²) in [4.78, 5) is 39.7. The first-order chi connectivity index (χ1) is 17.4. The molecule has 0 spiro atoms. The van der Waals surface area contributed by atoms with Crippen LogP contribution >= 0.6 is 0 Å². The predicted molar refractivity (Wildman–Crippen MR) is 139 cm³/mol. The molecule has 0 aromatic heterocycles. The van der Waals surface area contributed by atoms with Crippen molar-refractivity contribution in [3.05, 3.63) is 96.6 Å². The molecule has 1 aliphatic rings. The Labute approximate surface area is 208 Å². The number of hydrogen-bond acceptors (Lipinski definition) is 4. The molecule has 1 aliphatic heterocycles. The lowest BCUT2D eigenvalue weighted by molar-refractivity contribution is -0.133. The summed E-state index contributed by atoms with van der Waals surface area (Å²) in [5.41, 5.74) is 2.04. The molecule has 0 saturated carbocycles. The van der Waals surface area contributed by atoms with Gasteiger partial charge in [0.2, 0.25) is 5.91 Å². The van der Waals surface area contributed by atoms with Gasteiger partial charge in [-0.1, -0.05) is 60.7 Å². The summed E-state index contributed by atoms with van der Waals surface area (Å²) in [6, 6.07) is 27.9.